The summed E-state index contributed by atoms with van der Waals surface area (Å²) in [5.74, 6) is -0.153. The van der Waals surface area contributed by atoms with Gasteiger partial charge in [-0.3, -0.25) is 0 Å². The van der Waals surface area contributed by atoms with Crippen LogP contribution in [-0.2, 0) is 9.47 Å². The van der Waals surface area contributed by atoms with Gasteiger partial charge in [0.1, 0.15) is 24.1 Å². The van der Waals surface area contributed by atoms with E-state index in [0.29, 0.717) is 0 Å². The molecule has 114 valence electrons. The molecule has 2 aliphatic rings. The van der Waals surface area contributed by atoms with Crippen molar-refractivity contribution in [1.82, 2.24) is 0 Å². The summed E-state index contributed by atoms with van der Waals surface area (Å²) in [5.41, 5.74) is 0.162. The number of hydrogen-bond acceptors (Lipinski definition) is 7. The van der Waals surface area contributed by atoms with Gasteiger partial charge in [0, 0.05) is 0 Å². The summed E-state index contributed by atoms with van der Waals surface area (Å²) in [5, 5.41) is 38.8. The second-order valence-electron chi connectivity index (χ2n) is 4.94. The topological polar surface area (TPSA) is 120 Å². The number of phenols is 1. The molecule has 0 spiro atoms. The highest BCUT2D eigenvalue weighted by Crippen LogP contribution is 2.38. The highest BCUT2D eigenvalue weighted by Gasteiger charge is 2.55. The van der Waals surface area contributed by atoms with E-state index in [0.717, 1.165) is 4.90 Å². The lowest BCUT2D eigenvalue weighted by molar-refractivity contribution is -0.211. The molecule has 0 radical (unpaired) electrons. The van der Waals surface area contributed by atoms with Crippen molar-refractivity contribution in [1.29, 1.82) is 0 Å². The summed E-state index contributed by atoms with van der Waals surface area (Å²) in [6.07, 6.45) is -6.76. The van der Waals surface area contributed by atoms with Crippen molar-refractivity contribution < 1.29 is 34.7 Å². The lowest BCUT2D eigenvalue weighted by Crippen LogP contribution is -2.60. The standard InChI is InChI=1S/C13H15NO7/c15-5-8-9(17)10(18)11-12(20-8)14(13(19)21-11)6-3-1-2-4-7(6)16/h1-4,8-12,15-18H,5H2/t8-,9-,10+,11-,12-/m1/s1. The maximum atomic E-state index is 12.0. The second-order valence-corrected chi connectivity index (χ2v) is 4.94. The number of amides is 1. The molecule has 0 aliphatic carbocycles. The Bertz CT molecular complexity index is 551. The Hall–Kier alpha value is -1.87. The molecule has 5 atom stereocenters. The molecule has 4 N–H and O–H groups in total. The predicted molar refractivity (Wildman–Crippen MR) is 68.6 cm³/mol. The number of aliphatic hydroxyl groups is 3. The van der Waals surface area contributed by atoms with E-state index in [9.17, 15) is 25.2 Å². The van der Waals surface area contributed by atoms with E-state index >= 15 is 0 Å². The van der Waals surface area contributed by atoms with Gasteiger partial charge in [0.25, 0.3) is 0 Å². The first-order valence-electron chi connectivity index (χ1n) is 6.45. The Kier molecular flexibility index (Phi) is 3.46. The summed E-state index contributed by atoms with van der Waals surface area (Å²) < 4.78 is 10.5. The largest absolute Gasteiger partial charge is 0.506 e. The lowest BCUT2D eigenvalue weighted by Gasteiger charge is -2.39. The first kappa shape index (κ1) is 14.1. The summed E-state index contributed by atoms with van der Waals surface area (Å²) in [7, 11) is 0. The zero-order valence-electron chi connectivity index (χ0n) is 10.9. The van der Waals surface area contributed by atoms with E-state index < -0.39 is 43.3 Å². The summed E-state index contributed by atoms with van der Waals surface area (Å²) in [6, 6.07) is 6.10. The number of rotatable bonds is 2. The number of carbonyl (C=O) groups is 1. The van der Waals surface area contributed by atoms with Crippen LogP contribution in [0.5, 0.6) is 5.75 Å². The molecule has 8 heteroatoms. The number of aromatic hydroxyl groups is 1. The molecule has 1 aromatic rings. The number of ether oxygens (including phenoxy) is 2. The van der Waals surface area contributed by atoms with Crippen LogP contribution in [0.2, 0.25) is 0 Å². The fourth-order valence-corrected chi connectivity index (χ4v) is 2.59. The molecule has 1 aromatic carbocycles. The van der Waals surface area contributed by atoms with Crippen LogP contribution in [0.3, 0.4) is 0 Å². The van der Waals surface area contributed by atoms with Gasteiger partial charge in [-0.05, 0) is 12.1 Å². The van der Waals surface area contributed by atoms with Gasteiger partial charge >= 0.3 is 6.09 Å². The monoisotopic (exact) mass is 297 g/mol. The summed E-state index contributed by atoms with van der Waals surface area (Å²) in [4.78, 5) is 13.1. The van der Waals surface area contributed by atoms with Gasteiger partial charge in [0.15, 0.2) is 12.3 Å². The number of anilines is 1. The lowest BCUT2D eigenvalue weighted by atomic mass is 9.98. The number of nitrogens with zero attached hydrogens (tertiary/aromatic N) is 1. The smallest absolute Gasteiger partial charge is 0.417 e. The third-order valence-electron chi connectivity index (χ3n) is 3.67. The summed E-state index contributed by atoms with van der Waals surface area (Å²) in [6.45, 7) is -0.524. The molecular formula is C13H15NO7. The minimum absolute atomic E-state index is 0.153. The SMILES string of the molecule is O=C1O[C@@H]2[C@@H](O)[C@H](O)[C@@H](CO)O[C@H]2N1c1ccccc1O. The molecule has 3 rings (SSSR count). The molecular weight excluding hydrogens is 282 g/mol. The molecule has 0 unspecified atom stereocenters. The van der Waals surface area contributed by atoms with Gasteiger partial charge in [-0.2, -0.15) is 0 Å². The van der Waals surface area contributed by atoms with Gasteiger partial charge in [-0.15, -0.1) is 0 Å². The first-order chi connectivity index (χ1) is 10.0. The quantitative estimate of drug-likeness (QED) is 0.561. The summed E-state index contributed by atoms with van der Waals surface area (Å²) >= 11 is 0. The van der Waals surface area contributed by atoms with Crippen LogP contribution < -0.4 is 4.90 Å². The normalized spacial score (nSPS) is 35.5. The number of hydrogen-bond donors (Lipinski definition) is 4. The zero-order chi connectivity index (χ0) is 15.1. The molecule has 21 heavy (non-hydrogen) atoms. The van der Waals surface area contributed by atoms with Gasteiger partial charge in [0.2, 0.25) is 0 Å². The van der Waals surface area contributed by atoms with Crippen molar-refractivity contribution in [3.8, 4) is 5.75 Å². The van der Waals surface area contributed by atoms with Crippen LogP contribution in [0.25, 0.3) is 0 Å². The van der Waals surface area contributed by atoms with Crippen LogP contribution in [0.4, 0.5) is 10.5 Å². The number of fused-ring (bicyclic) bond motifs is 1. The first-order valence-corrected chi connectivity index (χ1v) is 6.45. The van der Waals surface area contributed by atoms with E-state index in [2.05, 4.69) is 0 Å². The van der Waals surface area contributed by atoms with Gasteiger partial charge < -0.3 is 29.9 Å². The average Bonchev–Trinajstić information content (AvgIpc) is 2.80. The van der Waals surface area contributed by atoms with Crippen LogP contribution in [-0.4, -0.2) is 63.8 Å². The van der Waals surface area contributed by atoms with Crippen LogP contribution in [0, 0.1) is 0 Å². The van der Waals surface area contributed by atoms with Crippen molar-refractivity contribution in [3.05, 3.63) is 24.3 Å². The third-order valence-corrected chi connectivity index (χ3v) is 3.67. The average molecular weight is 297 g/mol. The van der Waals surface area contributed by atoms with Crippen LogP contribution in [0.15, 0.2) is 24.3 Å². The highest BCUT2D eigenvalue weighted by atomic mass is 16.6. The second kappa shape index (κ2) is 5.15. The Morgan fingerprint density at radius 3 is 2.57 bits per heavy atom. The zero-order valence-corrected chi connectivity index (χ0v) is 10.9. The van der Waals surface area contributed by atoms with Gasteiger partial charge in [-0.25, -0.2) is 9.69 Å². The molecule has 0 bridgehead atoms. The number of carbonyl (C=O) groups excluding carboxylic acids is 1. The minimum atomic E-state index is -1.39. The molecule has 8 nitrogen and oxygen atoms in total. The Morgan fingerprint density at radius 2 is 1.90 bits per heavy atom. The number of aliphatic hydroxyl groups excluding tert-OH is 3. The molecule has 0 saturated carbocycles. The predicted octanol–water partition coefficient (Wildman–Crippen LogP) is -0.844. The number of para-hydroxylation sites is 2. The molecule has 1 amide bonds. The molecule has 0 aromatic heterocycles. The maximum Gasteiger partial charge on any atom is 0.417 e. The maximum absolute atomic E-state index is 12.0. The van der Waals surface area contributed by atoms with Crippen molar-refractivity contribution in [3.63, 3.8) is 0 Å². The number of benzene rings is 1. The fraction of sp³-hybridized carbons (Fsp3) is 0.462. The fourth-order valence-electron chi connectivity index (χ4n) is 2.59. The highest BCUT2D eigenvalue weighted by molar-refractivity contribution is 5.92. The van der Waals surface area contributed by atoms with Gasteiger partial charge in [-0.1, -0.05) is 12.1 Å². The van der Waals surface area contributed by atoms with Crippen LogP contribution >= 0.6 is 0 Å². The third kappa shape index (κ3) is 2.12. The van der Waals surface area contributed by atoms with E-state index in [4.69, 9.17) is 9.47 Å². The minimum Gasteiger partial charge on any atom is -0.506 e. The van der Waals surface area contributed by atoms with Gasteiger partial charge in [0.05, 0.1) is 12.3 Å². The van der Waals surface area contributed by atoms with Crippen molar-refractivity contribution >= 4 is 11.8 Å². The van der Waals surface area contributed by atoms with Crippen molar-refractivity contribution in [2.24, 2.45) is 0 Å². The molecule has 2 saturated heterocycles. The molecule has 2 fully saturated rings. The van der Waals surface area contributed by atoms with Crippen LogP contribution in [0.1, 0.15) is 0 Å². The Morgan fingerprint density at radius 1 is 1.19 bits per heavy atom. The Balaban J connectivity index is 1.96. The van der Waals surface area contributed by atoms with E-state index in [1.807, 2.05) is 0 Å². The van der Waals surface area contributed by atoms with E-state index in [-0.39, 0.29) is 11.4 Å². The molecule has 2 heterocycles. The van der Waals surface area contributed by atoms with E-state index in [1.165, 1.54) is 12.1 Å². The van der Waals surface area contributed by atoms with Crippen molar-refractivity contribution in [2.45, 2.75) is 30.6 Å². The molecule has 2 aliphatic heterocycles. The van der Waals surface area contributed by atoms with Crippen molar-refractivity contribution in [2.75, 3.05) is 11.5 Å². The number of phenolic OH excluding ortho intramolecular Hbond substituents is 1. The van der Waals surface area contributed by atoms with E-state index in [1.54, 1.807) is 12.1 Å². The Labute approximate surface area is 119 Å².